The van der Waals surface area contributed by atoms with Gasteiger partial charge in [0.15, 0.2) is 0 Å². The molecule has 12 heavy (non-hydrogen) atoms. The first-order valence-electron chi connectivity index (χ1n) is 4.61. The first kappa shape index (κ1) is 11.4. The van der Waals surface area contributed by atoms with E-state index < -0.39 is 0 Å². The van der Waals surface area contributed by atoms with Crippen molar-refractivity contribution >= 4 is 5.91 Å². The maximum absolute atomic E-state index is 10.8. The predicted molar refractivity (Wildman–Crippen MR) is 49.0 cm³/mol. The molecule has 1 rings (SSSR count). The molecule has 0 saturated carbocycles. The standard InChI is InChI=1S/C7H13NO2.C2H6/c1-8-7(9)4-6-2-3-10-5-6;1-2/h6H,2-5H2,1H3,(H,8,9);1-2H3. The van der Waals surface area contributed by atoms with Crippen LogP contribution in [0.3, 0.4) is 0 Å². The normalized spacial score (nSPS) is 21.1. The number of hydrogen-bond donors (Lipinski definition) is 1. The van der Waals surface area contributed by atoms with Crippen molar-refractivity contribution in [3.05, 3.63) is 0 Å². The van der Waals surface area contributed by atoms with Gasteiger partial charge < -0.3 is 10.1 Å². The van der Waals surface area contributed by atoms with Crippen LogP contribution in [-0.2, 0) is 9.53 Å². The molecule has 1 heterocycles. The van der Waals surface area contributed by atoms with Gasteiger partial charge in [-0.3, -0.25) is 4.79 Å². The summed E-state index contributed by atoms with van der Waals surface area (Å²) in [4.78, 5) is 10.8. The molecule has 72 valence electrons. The molecule has 1 aliphatic heterocycles. The first-order chi connectivity index (χ1) is 5.83. The van der Waals surface area contributed by atoms with Gasteiger partial charge in [-0.2, -0.15) is 0 Å². The van der Waals surface area contributed by atoms with Gasteiger partial charge in [0.1, 0.15) is 0 Å². The Bertz CT molecular complexity index is 120. The summed E-state index contributed by atoms with van der Waals surface area (Å²) in [6.45, 7) is 5.58. The molecule has 0 aromatic rings. The molecule has 1 N–H and O–H groups in total. The molecule has 1 fully saturated rings. The second-order valence-electron chi connectivity index (χ2n) is 2.61. The van der Waals surface area contributed by atoms with Crippen LogP contribution in [0, 0.1) is 5.92 Å². The Morgan fingerprint density at radius 2 is 2.25 bits per heavy atom. The third-order valence-electron chi connectivity index (χ3n) is 1.78. The average Bonchev–Trinajstić information content (AvgIpc) is 2.60. The summed E-state index contributed by atoms with van der Waals surface area (Å²) in [5, 5.41) is 2.60. The quantitative estimate of drug-likeness (QED) is 0.681. The molecule has 0 bridgehead atoms. The minimum atomic E-state index is 0.121. The highest BCUT2D eigenvalue weighted by molar-refractivity contribution is 5.75. The molecular weight excluding hydrogens is 154 g/mol. The van der Waals surface area contributed by atoms with Gasteiger partial charge in [0, 0.05) is 26.7 Å². The Hall–Kier alpha value is -0.570. The smallest absolute Gasteiger partial charge is 0.220 e. The van der Waals surface area contributed by atoms with Gasteiger partial charge in [0.05, 0.1) is 0 Å². The fourth-order valence-electron chi connectivity index (χ4n) is 1.11. The van der Waals surface area contributed by atoms with Gasteiger partial charge in [0.2, 0.25) is 5.91 Å². The fourth-order valence-corrected chi connectivity index (χ4v) is 1.11. The van der Waals surface area contributed by atoms with Gasteiger partial charge in [-0.05, 0) is 12.3 Å². The Morgan fingerprint density at radius 1 is 1.58 bits per heavy atom. The number of hydrogen-bond acceptors (Lipinski definition) is 2. The summed E-state index contributed by atoms with van der Waals surface area (Å²) in [6.07, 6.45) is 1.66. The summed E-state index contributed by atoms with van der Waals surface area (Å²) in [7, 11) is 1.66. The zero-order valence-corrected chi connectivity index (χ0v) is 8.22. The second kappa shape index (κ2) is 7.10. The molecule has 1 aliphatic rings. The van der Waals surface area contributed by atoms with E-state index >= 15 is 0 Å². The molecule has 0 spiro atoms. The molecule has 1 saturated heterocycles. The molecule has 0 aromatic heterocycles. The summed E-state index contributed by atoms with van der Waals surface area (Å²) in [6, 6.07) is 0. The van der Waals surface area contributed by atoms with Crippen LogP contribution in [0.25, 0.3) is 0 Å². The van der Waals surface area contributed by atoms with Crippen molar-refractivity contribution in [2.24, 2.45) is 5.92 Å². The van der Waals surface area contributed by atoms with Crippen molar-refractivity contribution in [1.29, 1.82) is 0 Å². The van der Waals surface area contributed by atoms with E-state index in [2.05, 4.69) is 5.32 Å². The number of rotatable bonds is 2. The van der Waals surface area contributed by atoms with Crippen molar-refractivity contribution in [1.82, 2.24) is 5.32 Å². The third-order valence-corrected chi connectivity index (χ3v) is 1.78. The van der Waals surface area contributed by atoms with Crippen LogP contribution < -0.4 is 5.32 Å². The Labute approximate surface area is 74.5 Å². The van der Waals surface area contributed by atoms with Crippen molar-refractivity contribution < 1.29 is 9.53 Å². The SMILES string of the molecule is CC.CNC(=O)CC1CCOC1. The molecule has 3 heteroatoms. The van der Waals surface area contributed by atoms with E-state index in [1.54, 1.807) is 7.05 Å². The van der Waals surface area contributed by atoms with Crippen LogP contribution in [0.1, 0.15) is 26.7 Å². The van der Waals surface area contributed by atoms with Gasteiger partial charge in [-0.25, -0.2) is 0 Å². The third kappa shape index (κ3) is 4.34. The minimum absolute atomic E-state index is 0.121. The van der Waals surface area contributed by atoms with Gasteiger partial charge in [0.25, 0.3) is 0 Å². The lowest BCUT2D eigenvalue weighted by Gasteiger charge is -2.03. The van der Waals surface area contributed by atoms with Gasteiger partial charge >= 0.3 is 0 Å². The Kier molecular flexibility index (Phi) is 6.76. The lowest BCUT2D eigenvalue weighted by molar-refractivity contribution is -0.121. The highest BCUT2D eigenvalue weighted by Crippen LogP contribution is 2.15. The van der Waals surface area contributed by atoms with Crippen molar-refractivity contribution in [3.63, 3.8) is 0 Å². The number of ether oxygens (including phenoxy) is 1. The lowest BCUT2D eigenvalue weighted by atomic mass is 10.1. The molecular formula is C9H19NO2. The zero-order valence-electron chi connectivity index (χ0n) is 8.22. The molecule has 3 nitrogen and oxygen atoms in total. The monoisotopic (exact) mass is 173 g/mol. The topological polar surface area (TPSA) is 38.3 Å². The lowest BCUT2D eigenvalue weighted by Crippen LogP contribution is -2.21. The van der Waals surface area contributed by atoms with E-state index in [0.29, 0.717) is 12.3 Å². The molecule has 1 atom stereocenters. The molecule has 1 unspecified atom stereocenters. The summed E-state index contributed by atoms with van der Waals surface area (Å²) in [5.74, 6) is 0.579. The highest BCUT2D eigenvalue weighted by Gasteiger charge is 2.17. The summed E-state index contributed by atoms with van der Waals surface area (Å²) < 4.78 is 5.12. The van der Waals surface area contributed by atoms with Crippen LogP contribution in [0.5, 0.6) is 0 Å². The Morgan fingerprint density at radius 3 is 2.67 bits per heavy atom. The van der Waals surface area contributed by atoms with Crippen molar-refractivity contribution in [3.8, 4) is 0 Å². The van der Waals surface area contributed by atoms with Crippen LogP contribution in [0.4, 0.5) is 0 Å². The van der Waals surface area contributed by atoms with Crippen molar-refractivity contribution in [2.75, 3.05) is 20.3 Å². The predicted octanol–water partition coefficient (Wildman–Crippen LogP) is 1.19. The largest absolute Gasteiger partial charge is 0.381 e. The highest BCUT2D eigenvalue weighted by atomic mass is 16.5. The zero-order chi connectivity index (χ0) is 9.40. The van der Waals surface area contributed by atoms with Gasteiger partial charge in [-0.15, -0.1) is 0 Å². The fraction of sp³-hybridized carbons (Fsp3) is 0.889. The van der Waals surface area contributed by atoms with Crippen LogP contribution >= 0.6 is 0 Å². The molecule has 0 aliphatic carbocycles. The molecule has 1 amide bonds. The maximum atomic E-state index is 10.8. The molecule has 0 aromatic carbocycles. The van der Waals surface area contributed by atoms with Crippen LogP contribution in [0.2, 0.25) is 0 Å². The van der Waals surface area contributed by atoms with E-state index in [1.807, 2.05) is 13.8 Å². The minimum Gasteiger partial charge on any atom is -0.381 e. The number of nitrogens with one attached hydrogen (secondary N) is 1. The second-order valence-corrected chi connectivity index (χ2v) is 2.61. The van der Waals surface area contributed by atoms with E-state index in [0.717, 1.165) is 19.6 Å². The van der Waals surface area contributed by atoms with E-state index in [4.69, 9.17) is 4.74 Å². The average molecular weight is 173 g/mol. The molecule has 0 radical (unpaired) electrons. The van der Waals surface area contributed by atoms with Crippen molar-refractivity contribution in [2.45, 2.75) is 26.7 Å². The van der Waals surface area contributed by atoms with E-state index in [9.17, 15) is 4.79 Å². The van der Waals surface area contributed by atoms with E-state index in [-0.39, 0.29) is 5.91 Å². The first-order valence-corrected chi connectivity index (χ1v) is 4.61. The number of carbonyl (C=O) groups is 1. The van der Waals surface area contributed by atoms with Crippen LogP contribution in [0.15, 0.2) is 0 Å². The number of amides is 1. The summed E-state index contributed by atoms with van der Waals surface area (Å²) in [5.41, 5.74) is 0. The Balaban J connectivity index is 0.000000561. The van der Waals surface area contributed by atoms with Crippen LogP contribution in [-0.4, -0.2) is 26.2 Å². The maximum Gasteiger partial charge on any atom is 0.220 e. The van der Waals surface area contributed by atoms with E-state index in [1.165, 1.54) is 0 Å². The van der Waals surface area contributed by atoms with Gasteiger partial charge in [-0.1, -0.05) is 13.8 Å². The summed E-state index contributed by atoms with van der Waals surface area (Å²) >= 11 is 0. The number of carbonyl (C=O) groups excluding carboxylic acids is 1.